The number of aromatic nitrogens is 2. The maximum atomic E-state index is 12.8. The van der Waals surface area contributed by atoms with Gasteiger partial charge in [-0.2, -0.15) is 0 Å². The summed E-state index contributed by atoms with van der Waals surface area (Å²) in [5, 5.41) is 6.21. The molecule has 1 amide bonds. The summed E-state index contributed by atoms with van der Waals surface area (Å²) in [5.41, 5.74) is 4.12. The van der Waals surface area contributed by atoms with Crippen LogP contribution in [0.3, 0.4) is 0 Å². The van der Waals surface area contributed by atoms with E-state index in [1.807, 2.05) is 49.4 Å². The van der Waals surface area contributed by atoms with E-state index < -0.39 is 0 Å². The molecule has 0 saturated heterocycles. The van der Waals surface area contributed by atoms with Crippen molar-refractivity contribution in [1.82, 2.24) is 9.97 Å². The molecule has 3 aromatic rings. The number of hydrogen-bond acceptors (Lipinski definition) is 5. The Balaban J connectivity index is 1.83. The number of carbonyl (C=O) groups is 1. The van der Waals surface area contributed by atoms with E-state index in [-0.39, 0.29) is 5.91 Å². The van der Waals surface area contributed by atoms with Gasteiger partial charge in [-0.3, -0.25) is 4.79 Å². The van der Waals surface area contributed by atoms with E-state index in [2.05, 4.69) is 27.5 Å². The van der Waals surface area contributed by atoms with Gasteiger partial charge < -0.3 is 15.4 Å². The number of ether oxygens (including phenoxy) is 1. The first-order valence-corrected chi connectivity index (χ1v) is 9.16. The van der Waals surface area contributed by atoms with Gasteiger partial charge in [0.25, 0.3) is 5.91 Å². The summed E-state index contributed by atoms with van der Waals surface area (Å²) in [6.45, 7) is 5.81. The highest BCUT2D eigenvalue weighted by Gasteiger charge is 2.14. The van der Waals surface area contributed by atoms with Crippen molar-refractivity contribution in [1.29, 1.82) is 0 Å². The molecule has 0 unspecified atom stereocenters. The van der Waals surface area contributed by atoms with Crippen LogP contribution in [0.2, 0.25) is 0 Å². The number of benzene rings is 2. The van der Waals surface area contributed by atoms with E-state index in [1.54, 1.807) is 20.1 Å². The monoisotopic (exact) mass is 376 g/mol. The lowest BCUT2D eigenvalue weighted by atomic mass is 10.1. The van der Waals surface area contributed by atoms with Gasteiger partial charge in [0.2, 0.25) is 0 Å². The molecule has 144 valence electrons. The minimum atomic E-state index is -0.257. The molecule has 0 atom stereocenters. The number of carbonyl (C=O) groups excluding carboxylic acids is 1. The molecule has 6 nitrogen and oxygen atoms in total. The Bertz CT molecular complexity index is 984. The number of anilines is 3. The summed E-state index contributed by atoms with van der Waals surface area (Å²) < 4.78 is 5.17. The van der Waals surface area contributed by atoms with Crippen LogP contribution in [0.5, 0.6) is 5.75 Å². The van der Waals surface area contributed by atoms with Crippen LogP contribution in [0.4, 0.5) is 17.2 Å². The molecule has 6 heteroatoms. The van der Waals surface area contributed by atoms with Crippen LogP contribution in [-0.4, -0.2) is 23.0 Å². The summed E-state index contributed by atoms with van der Waals surface area (Å²) in [7, 11) is 1.62. The minimum Gasteiger partial charge on any atom is -0.497 e. The molecular formula is C22H24N4O2. The van der Waals surface area contributed by atoms with Crippen molar-refractivity contribution in [3.63, 3.8) is 0 Å². The van der Waals surface area contributed by atoms with Crippen molar-refractivity contribution in [2.75, 3.05) is 17.7 Å². The van der Waals surface area contributed by atoms with Crippen LogP contribution < -0.4 is 15.4 Å². The zero-order valence-corrected chi connectivity index (χ0v) is 16.5. The van der Waals surface area contributed by atoms with E-state index in [0.717, 1.165) is 34.7 Å². The fourth-order valence-corrected chi connectivity index (χ4v) is 2.95. The van der Waals surface area contributed by atoms with Crippen LogP contribution in [-0.2, 0) is 6.42 Å². The molecule has 0 fully saturated rings. The van der Waals surface area contributed by atoms with Gasteiger partial charge in [0.05, 0.1) is 7.11 Å². The Morgan fingerprint density at radius 1 is 1.07 bits per heavy atom. The summed E-state index contributed by atoms with van der Waals surface area (Å²) in [4.78, 5) is 21.5. The lowest BCUT2D eigenvalue weighted by Gasteiger charge is -2.13. The predicted molar refractivity (Wildman–Crippen MR) is 112 cm³/mol. The SMILES string of the molecule is CCc1cccc(C)c1NC(=O)c1cc(Nc2ccc(OC)cc2)nc(C)n1. The van der Waals surface area contributed by atoms with Crippen molar-refractivity contribution < 1.29 is 9.53 Å². The number of methoxy groups -OCH3 is 1. The number of para-hydroxylation sites is 1. The van der Waals surface area contributed by atoms with Crippen LogP contribution in [0.25, 0.3) is 0 Å². The molecule has 2 aromatic carbocycles. The fraction of sp³-hybridized carbons (Fsp3) is 0.227. The molecule has 0 radical (unpaired) electrons. The second-order valence-electron chi connectivity index (χ2n) is 6.46. The van der Waals surface area contributed by atoms with Gasteiger partial charge in [-0.15, -0.1) is 0 Å². The predicted octanol–water partition coefficient (Wildman–Crippen LogP) is 4.66. The summed E-state index contributed by atoms with van der Waals surface area (Å²) in [5.74, 6) is 1.59. The normalized spacial score (nSPS) is 10.4. The average Bonchev–Trinajstić information content (AvgIpc) is 2.69. The molecule has 28 heavy (non-hydrogen) atoms. The summed E-state index contributed by atoms with van der Waals surface area (Å²) >= 11 is 0. The molecule has 0 aliphatic carbocycles. The second-order valence-corrected chi connectivity index (χ2v) is 6.46. The van der Waals surface area contributed by atoms with Gasteiger partial charge in [0.1, 0.15) is 23.1 Å². The van der Waals surface area contributed by atoms with E-state index in [1.165, 1.54) is 0 Å². The van der Waals surface area contributed by atoms with Gasteiger partial charge >= 0.3 is 0 Å². The molecule has 2 N–H and O–H groups in total. The van der Waals surface area contributed by atoms with Crippen LogP contribution in [0.15, 0.2) is 48.5 Å². The lowest BCUT2D eigenvalue weighted by Crippen LogP contribution is -2.17. The van der Waals surface area contributed by atoms with Crippen molar-refractivity contribution in [2.45, 2.75) is 27.2 Å². The number of nitrogens with one attached hydrogen (secondary N) is 2. The van der Waals surface area contributed by atoms with Crippen molar-refractivity contribution in [3.05, 3.63) is 71.2 Å². The van der Waals surface area contributed by atoms with E-state index in [9.17, 15) is 4.79 Å². The minimum absolute atomic E-state index is 0.257. The highest BCUT2D eigenvalue weighted by molar-refractivity contribution is 6.04. The van der Waals surface area contributed by atoms with Crippen molar-refractivity contribution in [2.24, 2.45) is 0 Å². The number of hydrogen-bond donors (Lipinski definition) is 2. The first-order valence-electron chi connectivity index (χ1n) is 9.16. The smallest absolute Gasteiger partial charge is 0.274 e. The maximum absolute atomic E-state index is 12.8. The van der Waals surface area contributed by atoms with Crippen molar-refractivity contribution >= 4 is 23.1 Å². The highest BCUT2D eigenvalue weighted by Crippen LogP contribution is 2.23. The molecule has 0 aliphatic heterocycles. The lowest BCUT2D eigenvalue weighted by molar-refractivity contribution is 0.102. The number of nitrogens with zero attached hydrogens (tertiary/aromatic N) is 2. The number of aryl methyl sites for hydroxylation is 3. The third kappa shape index (κ3) is 4.46. The third-order valence-electron chi connectivity index (χ3n) is 4.41. The Morgan fingerprint density at radius 2 is 1.82 bits per heavy atom. The molecule has 1 heterocycles. The van der Waals surface area contributed by atoms with Crippen molar-refractivity contribution in [3.8, 4) is 5.75 Å². The number of rotatable bonds is 6. The van der Waals surface area contributed by atoms with Crippen LogP contribution >= 0.6 is 0 Å². The van der Waals surface area contributed by atoms with Gasteiger partial charge in [0.15, 0.2) is 0 Å². The van der Waals surface area contributed by atoms with Gasteiger partial charge in [-0.1, -0.05) is 25.1 Å². The van der Waals surface area contributed by atoms with E-state index in [4.69, 9.17) is 4.74 Å². The Morgan fingerprint density at radius 3 is 2.50 bits per heavy atom. The Hall–Kier alpha value is -3.41. The van der Waals surface area contributed by atoms with Gasteiger partial charge in [-0.05, 0) is 55.7 Å². The summed E-state index contributed by atoms with van der Waals surface area (Å²) in [6.07, 6.45) is 0.838. The zero-order chi connectivity index (χ0) is 20.1. The molecule has 0 saturated carbocycles. The molecule has 3 rings (SSSR count). The van der Waals surface area contributed by atoms with Crippen LogP contribution in [0.1, 0.15) is 34.4 Å². The fourth-order valence-electron chi connectivity index (χ4n) is 2.95. The molecule has 1 aromatic heterocycles. The zero-order valence-electron chi connectivity index (χ0n) is 16.5. The topological polar surface area (TPSA) is 76.1 Å². The molecule has 0 aliphatic rings. The highest BCUT2D eigenvalue weighted by atomic mass is 16.5. The van der Waals surface area contributed by atoms with E-state index in [0.29, 0.717) is 17.3 Å². The van der Waals surface area contributed by atoms with Gasteiger partial charge in [0, 0.05) is 17.4 Å². The first-order chi connectivity index (χ1) is 13.5. The Kier molecular flexibility index (Phi) is 5.89. The maximum Gasteiger partial charge on any atom is 0.274 e. The van der Waals surface area contributed by atoms with Crippen LogP contribution in [0, 0.1) is 13.8 Å². The molecule has 0 bridgehead atoms. The van der Waals surface area contributed by atoms with E-state index >= 15 is 0 Å². The molecular weight excluding hydrogens is 352 g/mol. The number of amides is 1. The first kappa shape index (κ1) is 19.4. The average molecular weight is 376 g/mol. The molecule has 0 spiro atoms. The quantitative estimate of drug-likeness (QED) is 0.654. The van der Waals surface area contributed by atoms with Gasteiger partial charge in [-0.25, -0.2) is 9.97 Å². The third-order valence-corrected chi connectivity index (χ3v) is 4.41. The largest absolute Gasteiger partial charge is 0.497 e. The Labute approximate surface area is 165 Å². The summed E-state index contributed by atoms with van der Waals surface area (Å²) in [6, 6.07) is 15.1. The standard InChI is InChI=1S/C22H24N4O2/c1-5-16-8-6-7-14(2)21(16)26-22(27)19-13-20(24-15(3)23-19)25-17-9-11-18(28-4)12-10-17/h6-13H,5H2,1-4H3,(H,26,27)(H,23,24,25). The second kappa shape index (κ2) is 8.52.